The highest BCUT2D eigenvalue weighted by Gasteiger charge is 2.17. The summed E-state index contributed by atoms with van der Waals surface area (Å²) in [6.07, 6.45) is 4.79. The van der Waals surface area contributed by atoms with Crippen LogP contribution in [0.1, 0.15) is 46.4 Å². The minimum absolute atomic E-state index is 0.290. The van der Waals surface area contributed by atoms with Crippen molar-refractivity contribution < 1.29 is 18.4 Å². The van der Waals surface area contributed by atoms with Gasteiger partial charge in [-0.1, -0.05) is 12.5 Å². The molecule has 0 aromatic heterocycles. The van der Waals surface area contributed by atoms with E-state index in [1.54, 1.807) is 0 Å². The third-order valence-electron chi connectivity index (χ3n) is 5.27. The molecule has 0 radical (unpaired) electrons. The van der Waals surface area contributed by atoms with Crippen LogP contribution in [0.3, 0.4) is 0 Å². The standard InChI is InChI=1S/C23H27F2N5O2S/c24-18-6-4-7-19(25)20(18)22(32)27-17-10-8-16(9-11-17)21(31)28-29-23(33)26-12-5-15-30-13-2-1-3-14-30/h4,6-11H,1-3,5,12-15H2,(H,27,32)(H,28,31)(H2,26,29,33). The molecule has 1 heterocycles. The molecule has 0 spiro atoms. The lowest BCUT2D eigenvalue weighted by molar-refractivity contribution is 0.0943. The van der Waals surface area contributed by atoms with Crippen molar-refractivity contribution in [3.63, 3.8) is 0 Å². The normalized spacial score (nSPS) is 13.8. The summed E-state index contributed by atoms with van der Waals surface area (Å²) in [6.45, 7) is 4.03. The number of benzene rings is 2. The Balaban J connectivity index is 1.39. The molecule has 1 aliphatic rings. The van der Waals surface area contributed by atoms with E-state index in [0.717, 1.165) is 38.2 Å². The van der Waals surface area contributed by atoms with E-state index >= 15 is 0 Å². The molecular formula is C23H27F2N5O2S. The molecule has 0 unspecified atom stereocenters. The zero-order valence-electron chi connectivity index (χ0n) is 18.1. The van der Waals surface area contributed by atoms with Crippen molar-refractivity contribution >= 4 is 34.8 Å². The summed E-state index contributed by atoms with van der Waals surface area (Å²) in [6, 6.07) is 9.06. The summed E-state index contributed by atoms with van der Waals surface area (Å²) in [5, 5.41) is 5.78. The van der Waals surface area contributed by atoms with E-state index in [4.69, 9.17) is 12.2 Å². The van der Waals surface area contributed by atoms with Crippen molar-refractivity contribution in [2.45, 2.75) is 25.7 Å². The van der Waals surface area contributed by atoms with Crippen LogP contribution in [0.2, 0.25) is 0 Å². The minimum atomic E-state index is -0.953. The van der Waals surface area contributed by atoms with Crippen LogP contribution in [-0.2, 0) is 0 Å². The maximum Gasteiger partial charge on any atom is 0.269 e. The largest absolute Gasteiger partial charge is 0.361 e. The lowest BCUT2D eigenvalue weighted by Gasteiger charge is -2.26. The Morgan fingerprint density at radius 1 is 0.909 bits per heavy atom. The lowest BCUT2D eigenvalue weighted by atomic mass is 10.1. The smallest absolute Gasteiger partial charge is 0.269 e. The van der Waals surface area contributed by atoms with Gasteiger partial charge in [-0.3, -0.25) is 20.4 Å². The minimum Gasteiger partial charge on any atom is -0.361 e. The van der Waals surface area contributed by atoms with Gasteiger partial charge in [-0.2, -0.15) is 0 Å². The van der Waals surface area contributed by atoms with E-state index in [1.165, 1.54) is 49.6 Å². The van der Waals surface area contributed by atoms with E-state index in [-0.39, 0.29) is 5.69 Å². The highest BCUT2D eigenvalue weighted by atomic mass is 32.1. The second-order valence-corrected chi connectivity index (χ2v) is 8.13. The van der Waals surface area contributed by atoms with Crippen LogP contribution < -0.4 is 21.5 Å². The molecule has 1 saturated heterocycles. The fraction of sp³-hybridized carbons (Fsp3) is 0.348. The van der Waals surface area contributed by atoms with Crippen LogP contribution in [-0.4, -0.2) is 48.0 Å². The summed E-state index contributed by atoms with van der Waals surface area (Å²) in [7, 11) is 0. The molecule has 2 aromatic rings. The molecule has 1 fully saturated rings. The average molecular weight is 476 g/mol. The Kier molecular flexibility index (Phi) is 9.08. The Morgan fingerprint density at radius 3 is 2.24 bits per heavy atom. The van der Waals surface area contributed by atoms with Crippen LogP contribution in [0.25, 0.3) is 0 Å². The third kappa shape index (κ3) is 7.47. The van der Waals surface area contributed by atoms with Crippen LogP contribution in [0.4, 0.5) is 14.5 Å². The molecule has 0 atom stereocenters. The number of anilines is 1. The summed E-state index contributed by atoms with van der Waals surface area (Å²) in [5.41, 5.74) is 5.09. The number of thiocarbonyl (C=S) groups is 1. The molecule has 3 rings (SSSR count). The SMILES string of the molecule is O=C(NNC(=S)NCCCN1CCCCC1)c1ccc(NC(=O)c2c(F)cccc2F)cc1. The van der Waals surface area contributed by atoms with E-state index in [1.807, 2.05) is 0 Å². The molecule has 0 aliphatic carbocycles. The van der Waals surface area contributed by atoms with E-state index in [2.05, 4.69) is 26.4 Å². The first-order valence-electron chi connectivity index (χ1n) is 10.9. The van der Waals surface area contributed by atoms with Crippen molar-refractivity contribution in [3.05, 3.63) is 65.2 Å². The maximum atomic E-state index is 13.7. The second kappa shape index (κ2) is 12.2. The predicted octanol–water partition coefficient (Wildman–Crippen LogP) is 3.20. The van der Waals surface area contributed by atoms with Gasteiger partial charge in [0.2, 0.25) is 0 Å². The maximum absolute atomic E-state index is 13.7. The predicted molar refractivity (Wildman–Crippen MR) is 127 cm³/mol. The summed E-state index contributed by atoms with van der Waals surface area (Å²) in [5.74, 6) is -3.25. The van der Waals surface area contributed by atoms with Gasteiger partial charge >= 0.3 is 0 Å². The summed E-state index contributed by atoms with van der Waals surface area (Å²) in [4.78, 5) is 26.9. The van der Waals surface area contributed by atoms with Gasteiger partial charge in [-0.05, 0) is 87.5 Å². The highest BCUT2D eigenvalue weighted by molar-refractivity contribution is 7.80. The van der Waals surface area contributed by atoms with Crippen molar-refractivity contribution in [3.8, 4) is 0 Å². The van der Waals surface area contributed by atoms with Crippen LogP contribution in [0, 0.1) is 11.6 Å². The molecule has 10 heteroatoms. The molecule has 7 nitrogen and oxygen atoms in total. The van der Waals surface area contributed by atoms with E-state index in [0.29, 0.717) is 17.2 Å². The van der Waals surface area contributed by atoms with E-state index in [9.17, 15) is 18.4 Å². The number of hydrogen-bond acceptors (Lipinski definition) is 4. The number of likely N-dealkylation sites (tertiary alicyclic amines) is 1. The lowest BCUT2D eigenvalue weighted by Crippen LogP contribution is -2.47. The molecule has 0 saturated carbocycles. The number of rotatable bonds is 7. The monoisotopic (exact) mass is 475 g/mol. The first-order chi connectivity index (χ1) is 15.9. The van der Waals surface area contributed by atoms with Gasteiger partial charge in [-0.25, -0.2) is 8.78 Å². The second-order valence-electron chi connectivity index (χ2n) is 7.72. The topological polar surface area (TPSA) is 85.5 Å². The molecule has 33 heavy (non-hydrogen) atoms. The first-order valence-corrected chi connectivity index (χ1v) is 11.3. The van der Waals surface area contributed by atoms with Crippen LogP contribution >= 0.6 is 12.2 Å². The summed E-state index contributed by atoms with van der Waals surface area (Å²) < 4.78 is 27.5. The molecule has 4 N–H and O–H groups in total. The fourth-order valence-corrected chi connectivity index (χ4v) is 3.68. The molecule has 1 aliphatic heterocycles. The number of carbonyl (C=O) groups is 2. The molecular weight excluding hydrogens is 448 g/mol. The number of hydrazine groups is 1. The molecule has 2 amide bonds. The first kappa shape index (κ1) is 24.5. The number of amides is 2. The van der Waals surface area contributed by atoms with Gasteiger partial charge in [0.15, 0.2) is 5.11 Å². The van der Waals surface area contributed by atoms with Crippen molar-refractivity contribution in [1.29, 1.82) is 0 Å². The van der Waals surface area contributed by atoms with Crippen LogP contribution in [0.5, 0.6) is 0 Å². The average Bonchev–Trinajstić information content (AvgIpc) is 2.81. The molecule has 0 bridgehead atoms. The number of nitrogens with one attached hydrogen (secondary N) is 4. The number of hydrogen-bond donors (Lipinski definition) is 4. The number of carbonyl (C=O) groups excluding carboxylic acids is 2. The fourth-order valence-electron chi connectivity index (χ4n) is 3.53. The third-order valence-corrected chi connectivity index (χ3v) is 5.52. The zero-order chi connectivity index (χ0) is 23.6. The van der Waals surface area contributed by atoms with Crippen molar-refractivity contribution in [1.82, 2.24) is 21.1 Å². The molecule has 176 valence electrons. The van der Waals surface area contributed by atoms with Crippen LogP contribution in [0.15, 0.2) is 42.5 Å². The van der Waals surface area contributed by atoms with Gasteiger partial charge in [0.1, 0.15) is 17.2 Å². The number of halogens is 2. The van der Waals surface area contributed by atoms with Gasteiger partial charge in [0.05, 0.1) is 0 Å². The Labute approximate surface area is 196 Å². The van der Waals surface area contributed by atoms with Crippen molar-refractivity contribution in [2.75, 3.05) is 31.5 Å². The van der Waals surface area contributed by atoms with Gasteiger partial charge in [0, 0.05) is 17.8 Å². The highest BCUT2D eigenvalue weighted by Crippen LogP contribution is 2.16. The Morgan fingerprint density at radius 2 is 1.58 bits per heavy atom. The Bertz CT molecular complexity index is 961. The van der Waals surface area contributed by atoms with E-state index < -0.39 is 29.0 Å². The quantitative estimate of drug-likeness (QED) is 0.280. The van der Waals surface area contributed by atoms with Gasteiger partial charge in [-0.15, -0.1) is 0 Å². The van der Waals surface area contributed by atoms with Gasteiger partial charge in [0.25, 0.3) is 11.8 Å². The zero-order valence-corrected chi connectivity index (χ0v) is 18.9. The number of nitrogens with zero attached hydrogens (tertiary/aromatic N) is 1. The summed E-state index contributed by atoms with van der Waals surface area (Å²) >= 11 is 5.17. The Hall–Kier alpha value is -3.11. The van der Waals surface area contributed by atoms with Crippen molar-refractivity contribution in [2.24, 2.45) is 0 Å². The number of piperidine rings is 1. The van der Waals surface area contributed by atoms with Gasteiger partial charge < -0.3 is 15.5 Å². The molecule has 2 aromatic carbocycles.